The molecule has 23 heavy (non-hydrogen) atoms. The van der Waals surface area contributed by atoms with Gasteiger partial charge in [-0.2, -0.15) is 0 Å². The highest BCUT2D eigenvalue weighted by molar-refractivity contribution is 7.59. The van der Waals surface area contributed by atoms with Gasteiger partial charge in [-0.05, 0) is 31.2 Å². The number of allylic oxidation sites excluding steroid dienone is 1. The number of hydrogen-bond acceptors (Lipinski definition) is 3. The lowest BCUT2D eigenvalue weighted by Crippen LogP contribution is -2.19. The Morgan fingerprint density at radius 3 is 2.43 bits per heavy atom. The molecule has 1 aromatic carbocycles. The summed E-state index contributed by atoms with van der Waals surface area (Å²) in [6.07, 6.45) is 3.61. The van der Waals surface area contributed by atoms with Crippen molar-refractivity contribution in [2.24, 2.45) is 5.73 Å². The number of hydrogen-bond donors (Lipinski definition) is 3. The molecule has 0 heterocycles. The third-order valence-electron chi connectivity index (χ3n) is 3.86. The Kier molecular flexibility index (Phi) is 7.69. The van der Waals surface area contributed by atoms with E-state index in [1.165, 1.54) is 6.92 Å². The molecule has 0 saturated heterocycles. The number of benzene rings is 1. The fourth-order valence-corrected chi connectivity index (χ4v) is 3.43. The van der Waals surface area contributed by atoms with Crippen molar-refractivity contribution in [1.82, 2.24) is 0 Å². The fraction of sp³-hybridized carbons (Fsp3) is 0.471. The van der Waals surface area contributed by atoms with Crippen molar-refractivity contribution in [3.05, 3.63) is 47.5 Å². The minimum absolute atomic E-state index is 0.0369. The number of carboxylic acid groups (broad SMARTS) is 1. The van der Waals surface area contributed by atoms with Crippen LogP contribution in [-0.2, 0) is 9.36 Å². The lowest BCUT2D eigenvalue weighted by molar-refractivity contribution is -0.132. The van der Waals surface area contributed by atoms with E-state index in [0.717, 1.165) is 18.4 Å². The van der Waals surface area contributed by atoms with Crippen LogP contribution in [-0.4, -0.2) is 27.9 Å². The molecule has 3 atom stereocenters. The number of rotatable bonds is 9. The summed E-state index contributed by atoms with van der Waals surface area (Å²) in [7, 11) is -3.69. The van der Waals surface area contributed by atoms with E-state index in [-0.39, 0.29) is 11.5 Å². The maximum absolute atomic E-state index is 12.0. The van der Waals surface area contributed by atoms with E-state index in [2.05, 4.69) is 6.92 Å². The lowest BCUT2D eigenvalue weighted by Gasteiger charge is -2.17. The molecule has 0 fully saturated rings. The van der Waals surface area contributed by atoms with Crippen LogP contribution in [0.25, 0.3) is 0 Å². The zero-order chi connectivity index (χ0) is 17.5. The van der Waals surface area contributed by atoms with Gasteiger partial charge in [0.15, 0.2) is 0 Å². The summed E-state index contributed by atoms with van der Waals surface area (Å²) in [6, 6.07) is 9.90. The molecule has 0 aliphatic carbocycles. The summed E-state index contributed by atoms with van der Waals surface area (Å²) in [5, 5.41) is 9.29. The Morgan fingerprint density at radius 2 is 1.96 bits per heavy atom. The molecule has 0 spiro atoms. The molecule has 1 aromatic rings. The molecule has 0 aliphatic rings. The summed E-state index contributed by atoms with van der Waals surface area (Å²) in [4.78, 5) is 21.2. The van der Waals surface area contributed by atoms with Gasteiger partial charge in [0.05, 0.1) is 11.9 Å². The maximum Gasteiger partial charge on any atom is 0.331 e. The zero-order valence-electron chi connectivity index (χ0n) is 13.7. The second kappa shape index (κ2) is 9.02. The van der Waals surface area contributed by atoms with Crippen LogP contribution in [0.5, 0.6) is 0 Å². The second-order valence-electron chi connectivity index (χ2n) is 5.82. The van der Waals surface area contributed by atoms with E-state index in [1.807, 2.05) is 30.3 Å². The van der Waals surface area contributed by atoms with Gasteiger partial charge in [0.25, 0.3) is 0 Å². The van der Waals surface area contributed by atoms with Gasteiger partial charge < -0.3 is 15.7 Å². The average molecular weight is 339 g/mol. The van der Waals surface area contributed by atoms with Crippen LogP contribution in [0.15, 0.2) is 42.0 Å². The third-order valence-corrected chi connectivity index (χ3v) is 5.93. The van der Waals surface area contributed by atoms with Gasteiger partial charge in [-0.15, -0.1) is 0 Å². The van der Waals surface area contributed by atoms with Gasteiger partial charge in [-0.1, -0.05) is 49.8 Å². The molecule has 6 heteroatoms. The number of aliphatic carboxylic acids is 1. The van der Waals surface area contributed by atoms with Crippen molar-refractivity contribution in [3.8, 4) is 0 Å². The van der Waals surface area contributed by atoms with Crippen LogP contribution in [0.4, 0.5) is 0 Å². The Hall–Kier alpha value is -1.42. The third kappa shape index (κ3) is 6.30. The molecule has 0 saturated carbocycles. The van der Waals surface area contributed by atoms with E-state index < -0.39 is 25.3 Å². The van der Waals surface area contributed by atoms with Crippen LogP contribution in [0.1, 0.15) is 44.6 Å². The van der Waals surface area contributed by atoms with Crippen molar-refractivity contribution in [1.29, 1.82) is 0 Å². The molecule has 4 N–H and O–H groups in total. The van der Waals surface area contributed by atoms with E-state index in [4.69, 9.17) is 5.73 Å². The largest absolute Gasteiger partial charge is 0.478 e. The SMILES string of the molecule is CCCC(CC=C(CP(=O)(O)C(C)N)C(=O)O)c1ccccc1. The number of carboxylic acids is 1. The normalized spacial score (nSPS) is 17.3. The molecule has 0 bridgehead atoms. The predicted molar refractivity (Wildman–Crippen MR) is 92.8 cm³/mol. The monoisotopic (exact) mass is 339 g/mol. The van der Waals surface area contributed by atoms with E-state index in [1.54, 1.807) is 6.08 Å². The summed E-state index contributed by atoms with van der Waals surface area (Å²) in [6.45, 7) is 3.50. The topological polar surface area (TPSA) is 101 Å². The summed E-state index contributed by atoms with van der Waals surface area (Å²) < 4.78 is 12.0. The number of nitrogens with two attached hydrogens (primary N) is 1. The molecular formula is C17H26NO4P. The van der Waals surface area contributed by atoms with Gasteiger partial charge in [-0.25, -0.2) is 4.79 Å². The Labute approximate surface area is 137 Å². The minimum Gasteiger partial charge on any atom is -0.478 e. The molecule has 0 aromatic heterocycles. The molecule has 128 valence electrons. The molecule has 0 amide bonds. The van der Waals surface area contributed by atoms with Crippen molar-refractivity contribution in [2.75, 3.05) is 6.16 Å². The highest BCUT2D eigenvalue weighted by Gasteiger charge is 2.27. The lowest BCUT2D eigenvalue weighted by atomic mass is 9.91. The first-order valence-electron chi connectivity index (χ1n) is 7.82. The highest BCUT2D eigenvalue weighted by atomic mass is 31.2. The summed E-state index contributed by atoms with van der Waals surface area (Å²) in [5.41, 5.74) is 6.59. The predicted octanol–water partition coefficient (Wildman–Crippen LogP) is 3.55. The van der Waals surface area contributed by atoms with E-state index in [9.17, 15) is 19.4 Å². The van der Waals surface area contributed by atoms with E-state index >= 15 is 0 Å². The smallest absolute Gasteiger partial charge is 0.331 e. The maximum atomic E-state index is 12.0. The molecule has 1 rings (SSSR count). The van der Waals surface area contributed by atoms with Gasteiger partial charge >= 0.3 is 5.97 Å². The molecular weight excluding hydrogens is 313 g/mol. The molecule has 3 unspecified atom stereocenters. The van der Waals surface area contributed by atoms with Crippen LogP contribution in [0.2, 0.25) is 0 Å². The first-order valence-corrected chi connectivity index (χ1v) is 9.73. The first-order chi connectivity index (χ1) is 10.8. The summed E-state index contributed by atoms with van der Waals surface area (Å²) >= 11 is 0. The fourth-order valence-electron chi connectivity index (χ4n) is 2.39. The van der Waals surface area contributed by atoms with Gasteiger partial charge in [0, 0.05) is 5.57 Å². The second-order valence-corrected chi connectivity index (χ2v) is 8.46. The quantitative estimate of drug-likeness (QED) is 0.472. The van der Waals surface area contributed by atoms with Crippen molar-refractivity contribution in [3.63, 3.8) is 0 Å². The van der Waals surface area contributed by atoms with Gasteiger partial charge in [-0.3, -0.25) is 4.57 Å². The van der Waals surface area contributed by atoms with Crippen molar-refractivity contribution >= 4 is 13.3 Å². The van der Waals surface area contributed by atoms with Crippen LogP contribution >= 0.6 is 7.37 Å². The minimum atomic E-state index is -3.69. The van der Waals surface area contributed by atoms with E-state index in [0.29, 0.717) is 6.42 Å². The zero-order valence-corrected chi connectivity index (χ0v) is 14.6. The Balaban J connectivity index is 2.94. The van der Waals surface area contributed by atoms with Crippen LogP contribution in [0.3, 0.4) is 0 Å². The van der Waals surface area contributed by atoms with Crippen LogP contribution < -0.4 is 5.73 Å². The van der Waals surface area contributed by atoms with Crippen molar-refractivity contribution in [2.45, 2.75) is 44.8 Å². The number of carbonyl (C=O) groups is 1. The summed E-state index contributed by atoms with van der Waals surface area (Å²) in [5.74, 6) is -1.90. The van der Waals surface area contributed by atoms with Gasteiger partial charge in [0.1, 0.15) is 0 Å². The highest BCUT2D eigenvalue weighted by Crippen LogP contribution is 2.45. The molecule has 0 aliphatic heterocycles. The molecule has 5 nitrogen and oxygen atoms in total. The standard InChI is InChI=1S/C17H26NO4P/c1-3-7-14(15-8-5-4-6-9-15)10-11-16(17(19)20)12-23(21,22)13(2)18/h4-6,8-9,11,13-14H,3,7,10,12,18H2,1-2H3,(H,19,20)(H,21,22). The van der Waals surface area contributed by atoms with Crippen molar-refractivity contribution < 1.29 is 19.4 Å². The van der Waals surface area contributed by atoms with Gasteiger partial charge in [0.2, 0.25) is 7.37 Å². The van der Waals surface area contributed by atoms with Crippen LogP contribution in [0, 0.1) is 0 Å². The Bertz CT molecular complexity index is 584. The molecule has 0 radical (unpaired) electrons. The average Bonchev–Trinajstić information content (AvgIpc) is 2.50. The first kappa shape index (κ1) is 19.6. The Morgan fingerprint density at radius 1 is 1.35 bits per heavy atom.